The number of esters is 1. The molecular formula is C21H20N4O4. The summed E-state index contributed by atoms with van der Waals surface area (Å²) in [6.07, 6.45) is 1.70. The van der Waals surface area contributed by atoms with E-state index in [9.17, 15) is 14.4 Å². The van der Waals surface area contributed by atoms with Gasteiger partial charge in [0, 0.05) is 30.2 Å². The monoisotopic (exact) mass is 392 g/mol. The average Bonchev–Trinajstić information content (AvgIpc) is 3.18. The number of ether oxygens (including phenoxy) is 1. The molecule has 1 heterocycles. The molecule has 1 aromatic heterocycles. The minimum Gasteiger partial charge on any atom is -0.452 e. The van der Waals surface area contributed by atoms with E-state index in [0.29, 0.717) is 16.8 Å². The summed E-state index contributed by atoms with van der Waals surface area (Å²) in [4.78, 5) is 35.6. The second-order valence-electron chi connectivity index (χ2n) is 6.21. The Hall–Kier alpha value is -3.94. The van der Waals surface area contributed by atoms with Gasteiger partial charge in [-0.15, -0.1) is 0 Å². The fraction of sp³-hybridized carbons (Fsp3) is 0.143. The number of hydrogen-bond acceptors (Lipinski definition) is 5. The number of benzene rings is 2. The number of aromatic nitrogens is 2. The van der Waals surface area contributed by atoms with E-state index in [1.165, 1.54) is 0 Å². The molecule has 0 atom stereocenters. The number of hydrogen-bond donors (Lipinski definition) is 2. The lowest BCUT2D eigenvalue weighted by Crippen LogP contribution is -2.21. The van der Waals surface area contributed by atoms with Gasteiger partial charge >= 0.3 is 5.97 Å². The first-order valence-corrected chi connectivity index (χ1v) is 8.88. The maximum Gasteiger partial charge on any atom is 0.338 e. The summed E-state index contributed by atoms with van der Waals surface area (Å²) in [6.45, 7) is 1.51. The summed E-state index contributed by atoms with van der Waals surface area (Å²) < 4.78 is 6.81. The van der Waals surface area contributed by atoms with Crippen LogP contribution in [0.15, 0.2) is 60.8 Å². The SMILES string of the molecule is CNC(=O)c1ccc(NC(=O)COC(=O)c2ccc(-n3nccc3C)cc2)cc1. The van der Waals surface area contributed by atoms with Crippen LogP contribution < -0.4 is 10.6 Å². The highest BCUT2D eigenvalue weighted by atomic mass is 16.5. The van der Waals surface area contributed by atoms with Crippen LogP contribution in [0.1, 0.15) is 26.4 Å². The van der Waals surface area contributed by atoms with Crippen molar-refractivity contribution in [2.75, 3.05) is 19.0 Å². The summed E-state index contributed by atoms with van der Waals surface area (Å²) in [6, 6.07) is 15.0. The molecule has 8 nitrogen and oxygen atoms in total. The third-order valence-electron chi connectivity index (χ3n) is 4.17. The second kappa shape index (κ2) is 8.83. The molecule has 148 valence electrons. The van der Waals surface area contributed by atoms with E-state index >= 15 is 0 Å². The number of aryl methyl sites for hydroxylation is 1. The van der Waals surface area contributed by atoms with Crippen LogP contribution in [0.25, 0.3) is 5.69 Å². The van der Waals surface area contributed by atoms with Crippen molar-refractivity contribution < 1.29 is 19.1 Å². The molecule has 2 aromatic carbocycles. The zero-order chi connectivity index (χ0) is 20.8. The normalized spacial score (nSPS) is 10.3. The molecule has 0 unspecified atom stereocenters. The Morgan fingerprint density at radius 2 is 1.62 bits per heavy atom. The highest BCUT2D eigenvalue weighted by Gasteiger charge is 2.11. The smallest absolute Gasteiger partial charge is 0.338 e. The van der Waals surface area contributed by atoms with Gasteiger partial charge in [0.25, 0.3) is 11.8 Å². The predicted octanol–water partition coefficient (Wildman–Crippen LogP) is 2.34. The van der Waals surface area contributed by atoms with Crippen LogP contribution in [-0.4, -0.2) is 41.2 Å². The molecule has 3 rings (SSSR count). The van der Waals surface area contributed by atoms with Gasteiger partial charge in [-0.3, -0.25) is 9.59 Å². The predicted molar refractivity (Wildman–Crippen MR) is 107 cm³/mol. The Morgan fingerprint density at radius 1 is 0.966 bits per heavy atom. The molecule has 2 N–H and O–H groups in total. The molecule has 8 heteroatoms. The molecule has 0 saturated heterocycles. The van der Waals surface area contributed by atoms with Crippen molar-refractivity contribution in [3.05, 3.63) is 77.6 Å². The van der Waals surface area contributed by atoms with Gasteiger partial charge in [0.15, 0.2) is 6.61 Å². The van der Waals surface area contributed by atoms with Crippen LogP contribution >= 0.6 is 0 Å². The molecule has 0 saturated carbocycles. The molecular weight excluding hydrogens is 372 g/mol. The van der Waals surface area contributed by atoms with Gasteiger partial charge < -0.3 is 15.4 Å². The van der Waals surface area contributed by atoms with E-state index in [-0.39, 0.29) is 5.91 Å². The lowest BCUT2D eigenvalue weighted by atomic mass is 10.2. The van der Waals surface area contributed by atoms with Crippen molar-refractivity contribution in [3.63, 3.8) is 0 Å². The Labute approximate surface area is 167 Å². The van der Waals surface area contributed by atoms with Crippen LogP contribution in [0.2, 0.25) is 0 Å². The summed E-state index contributed by atoms with van der Waals surface area (Å²) in [5.41, 5.74) is 3.10. The minimum absolute atomic E-state index is 0.217. The third-order valence-corrected chi connectivity index (χ3v) is 4.17. The number of rotatable bonds is 6. The van der Waals surface area contributed by atoms with E-state index < -0.39 is 18.5 Å². The Kier molecular flexibility index (Phi) is 6.03. The van der Waals surface area contributed by atoms with Crippen LogP contribution in [-0.2, 0) is 9.53 Å². The lowest BCUT2D eigenvalue weighted by Gasteiger charge is -2.08. The first kappa shape index (κ1) is 19.8. The third kappa shape index (κ3) is 4.86. The average molecular weight is 392 g/mol. The van der Waals surface area contributed by atoms with Crippen LogP contribution in [0, 0.1) is 6.92 Å². The fourth-order valence-electron chi connectivity index (χ4n) is 2.64. The summed E-state index contributed by atoms with van der Waals surface area (Å²) in [7, 11) is 1.54. The maximum absolute atomic E-state index is 12.1. The lowest BCUT2D eigenvalue weighted by molar-refractivity contribution is -0.119. The molecule has 0 bridgehead atoms. The van der Waals surface area contributed by atoms with Gasteiger partial charge in [0.2, 0.25) is 0 Å². The highest BCUT2D eigenvalue weighted by Crippen LogP contribution is 2.13. The maximum atomic E-state index is 12.1. The zero-order valence-electron chi connectivity index (χ0n) is 16.0. The molecule has 0 aliphatic heterocycles. The number of anilines is 1. The van der Waals surface area contributed by atoms with Crippen molar-refractivity contribution in [1.29, 1.82) is 0 Å². The molecule has 0 fully saturated rings. The van der Waals surface area contributed by atoms with E-state index in [1.54, 1.807) is 66.5 Å². The Morgan fingerprint density at radius 3 is 2.21 bits per heavy atom. The van der Waals surface area contributed by atoms with Gasteiger partial charge in [0.05, 0.1) is 11.3 Å². The van der Waals surface area contributed by atoms with Gasteiger partial charge in [-0.2, -0.15) is 5.10 Å². The van der Waals surface area contributed by atoms with Gasteiger partial charge in [-0.05, 0) is 61.5 Å². The van der Waals surface area contributed by atoms with Gasteiger partial charge in [-0.25, -0.2) is 9.48 Å². The number of carbonyl (C=O) groups excluding carboxylic acids is 3. The first-order chi connectivity index (χ1) is 14.0. The highest BCUT2D eigenvalue weighted by molar-refractivity contribution is 5.97. The van der Waals surface area contributed by atoms with Gasteiger partial charge in [0.1, 0.15) is 0 Å². The number of carbonyl (C=O) groups is 3. The standard InChI is InChI=1S/C21H20N4O4/c1-14-11-12-23-25(14)18-9-5-16(6-10-18)21(28)29-13-19(26)24-17-7-3-15(4-8-17)20(27)22-2/h3-12H,13H2,1-2H3,(H,22,27)(H,24,26). The number of nitrogens with zero attached hydrogens (tertiary/aromatic N) is 2. The van der Waals surface area contributed by atoms with E-state index in [2.05, 4.69) is 15.7 Å². The molecule has 0 aliphatic rings. The van der Waals surface area contributed by atoms with Gasteiger partial charge in [-0.1, -0.05) is 0 Å². The Balaban J connectivity index is 1.53. The first-order valence-electron chi connectivity index (χ1n) is 8.88. The van der Waals surface area contributed by atoms with Crippen molar-refractivity contribution in [2.45, 2.75) is 6.92 Å². The summed E-state index contributed by atoms with van der Waals surface area (Å²) in [5.74, 6) is -1.29. The summed E-state index contributed by atoms with van der Waals surface area (Å²) >= 11 is 0. The molecule has 29 heavy (non-hydrogen) atoms. The fourth-order valence-corrected chi connectivity index (χ4v) is 2.64. The minimum atomic E-state index is -0.598. The molecule has 2 amide bonds. The van der Waals surface area contributed by atoms with Crippen molar-refractivity contribution in [1.82, 2.24) is 15.1 Å². The van der Waals surface area contributed by atoms with E-state index in [1.807, 2.05) is 13.0 Å². The topological polar surface area (TPSA) is 102 Å². The van der Waals surface area contributed by atoms with Crippen molar-refractivity contribution >= 4 is 23.5 Å². The van der Waals surface area contributed by atoms with Crippen LogP contribution in [0.3, 0.4) is 0 Å². The molecule has 0 aliphatic carbocycles. The van der Waals surface area contributed by atoms with Crippen LogP contribution in [0.4, 0.5) is 5.69 Å². The summed E-state index contributed by atoms with van der Waals surface area (Å²) in [5, 5.41) is 9.33. The van der Waals surface area contributed by atoms with E-state index in [4.69, 9.17) is 4.74 Å². The number of nitrogens with one attached hydrogen (secondary N) is 2. The Bertz CT molecular complexity index is 1020. The number of amides is 2. The van der Waals surface area contributed by atoms with Crippen molar-refractivity contribution in [3.8, 4) is 5.69 Å². The quantitative estimate of drug-likeness (QED) is 0.627. The zero-order valence-corrected chi connectivity index (χ0v) is 16.0. The van der Waals surface area contributed by atoms with Crippen LogP contribution in [0.5, 0.6) is 0 Å². The van der Waals surface area contributed by atoms with Crippen molar-refractivity contribution in [2.24, 2.45) is 0 Å². The molecule has 0 radical (unpaired) electrons. The molecule has 3 aromatic rings. The van der Waals surface area contributed by atoms with E-state index in [0.717, 1.165) is 11.4 Å². The largest absolute Gasteiger partial charge is 0.452 e. The molecule has 0 spiro atoms. The second-order valence-corrected chi connectivity index (χ2v) is 6.21.